The molecule has 0 fully saturated rings. The van der Waals surface area contributed by atoms with E-state index in [9.17, 15) is 4.21 Å². The SMILES string of the molecule is CC(CCS(C)=O)Nc1cc(C(N)=S)ccn1. The van der Waals surface area contributed by atoms with Crippen molar-refractivity contribution in [2.45, 2.75) is 19.4 Å². The second-order valence-corrected chi connectivity index (χ2v) is 5.90. The van der Waals surface area contributed by atoms with Crippen molar-refractivity contribution >= 4 is 33.8 Å². The number of nitrogens with two attached hydrogens (primary N) is 1. The molecule has 1 aromatic rings. The van der Waals surface area contributed by atoms with Gasteiger partial charge < -0.3 is 11.1 Å². The van der Waals surface area contributed by atoms with Gasteiger partial charge in [-0.3, -0.25) is 4.21 Å². The Hall–Kier alpha value is -1.01. The summed E-state index contributed by atoms with van der Waals surface area (Å²) in [6.07, 6.45) is 4.21. The van der Waals surface area contributed by atoms with Crippen molar-refractivity contribution in [1.29, 1.82) is 0 Å². The zero-order chi connectivity index (χ0) is 12.8. The molecule has 1 rings (SSSR count). The smallest absolute Gasteiger partial charge is 0.126 e. The minimum atomic E-state index is -0.757. The van der Waals surface area contributed by atoms with Gasteiger partial charge in [0.1, 0.15) is 10.8 Å². The summed E-state index contributed by atoms with van der Waals surface area (Å²) in [6.45, 7) is 2.03. The van der Waals surface area contributed by atoms with E-state index in [1.165, 1.54) is 0 Å². The van der Waals surface area contributed by atoms with Gasteiger partial charge in [-0.05, 0) is 25.5 Å². The Labute approximate surface area is 109 Å². The maximum Gasteiger partial charge on any atom is 0.126 e. The molecule has 1 aromatic heterocycles. The molecule has 0 bridgehead atoms. The van der Waals surface area contributed by atoms with Crippen LogP contribution in [0.1, 0.15) is 18.9 Å². The third-order valence-electron chi connectivity index (χ3n) is 2.28. The Morgan fingerprint density at radius 3 is 3.00 bits per heavy atom. The molecule has 4 nitrogen and oxygen atoms in total. The van der Waals surface area contributed by atoms with Crippen LogP contribution in [0.2, 0.25) is 0 Å². The average molecular weight is 271 g/mol. The van der Waals surface area contributed by atoms with Gasteiger partial charge in [-0.25, -0.2) is 4.98 Å². The van der Waals surface area contributed by atoms with E-state index >= 15 is 0 Å². The van der Waals surface area contributed by atoms with E-state index in [4.69, 9.17) is 18.0 Å². The van der Waals surface area contributed by atoms with Crippen LogP contribution in [0.3, 0.4) is 0 Å². The van der Waals surface area contributed by atoms with Crippen molar-refractivity contribution in [3.63, 3.8) is 0 Å². The summed E-state index contributed by atoms with van der Waals surface area (Å²) in [7, 11) is -0.757. The number of thiocarbonyl (C=S) groups is 1. The van der Waals surface area contributed by atoms with Crippen molar-refractivity contribution in [3.8, 4) is 0 Å². The third kappa shape index (κ3) is 5.23. The van der Waals surface area contributed by atoms with Gasteiger partial charge in [0.15, 0.2) is 0 Å². The fourth-order valence-electron chi connectivity index (χ4n) is 1.33. The summed E-state index contributed by atoms with van der Waals surface area (Å²) in [4.78, 5) is 4.55. The zero-order valence-corrected chi connectivity index (χ0v) is 11.6. The van der Waals surface area contributed by atoms with E-state index in [0.29, 0.717) is 10.7 Å². The molecule has 0 amide bonds. The first-order valence-electron chi connectivity index (χ1n) is 5.31. The predicted octanol–water partition coefficient (Wildman–Crippen LogP) is 1.28. The summed E-state index contributed by atoms with van der Waals surface area (Å²) in [6, 6.07) is 3.81. The molecule has 6 heteroatoms. The number of hydrogen-bond donors (Lipinski definition) is 2. The Kier molecular flexibility index (Phi) is 5.50. The van der Waals surface area contributed by atoms with Gasteiger partial charge in [-0.1, -0.05) is 12.2 Å². The minimum absolute atomic E-state index is 0.216. The fourth-order valence-corrected chi connectivity index (χ4v) is 2.14. The van der Waals surface area contributed by atoms with Crippen LogP contribution in [0, 0.1) is 0 Å². The van der Waals surface area contributed by atoms with E-state index in [2.05, 4.69) is 10.3 Å². The molecule has 2 unspecified atom stereocenters. The number of nitrogens with zero attached hydrogens (tertiary/aromatic N) is 1. The molecule has 0 spiro atoms. The van der Waals surface area contributed by atoms with Crippen LogP contribution in [-0.4, -0.2) is 32.2 Å². The highest BCUT2D eigenvalue weighted by atomic mass is 32.2. The lowest BCUT2D eigenvalue weighted by molar-refractivity contribution is 0.678. The Morgan fingerprint density at radius 1 is 1.71 bits per heavy atom. The lowest BCUT2D eigenvalue weighted by atomic mass is 10.2. The molecule has 0 aliphatic rings. The highest BCUT2D eigenvalue weighted by Gasteiger charge is 2.05. The minimum Gasteiger partial charge on any atom is -0.389 e. The topological polar surface area (TPSA) is 68.0 Å². The molecule has 1 heterocycles. The number of aromatic nitrogens is 1. The molecule has 0 aliphatic heterocycles. The highest BCUT2D eigenvalue weighted by molar-refractivity contribution is 7.84. The maximum atomic E-state index is 11.0. The molecule has 0 aliphatic carbocycles. The van der Waals surface area contributed by atoms with Gasteiger partial charge in [-0.15, -0.1) is 0 Å². The summed E-state index contributed by atoms with van der Waals surface area (Å²) in [5.74, 6) is 1.42. The van der Waals surface area contributed by atoms with Crippen LogP contribution in [0.25, 0.3) is 0 Å². The van der Waals surface area contributed by atoms with E-state index in [0.717, 1.165) is 17.8 Å². The lowest BCUT2D eigenvalue weighted by Gasteiger charge is -2.14. The van der Waals surface area contributed by atoms with Gasteiger partial charge in [0.05, 0.1) is 0 Å². The van der Waals surface area contributed by atoms with Gasteiger partial charge in [-0.2, -0.15) is 0 Å². The van der Waals surface area contributed by atoms with E-state index in [-0.39, 0.29) is 6.04 Å². The molecule has 17 heavy (non-hydrogen) atoms. The summed E-state index contributed by atoms with van der Waals surface area (Å²) in [5.41, 5.74) is 6.34. The average Bonchev–Trinajstić information content (AvgIpc) is 2.26. The van der Waals surface area contributed by atoms with Crippen molar-refractivity contribution in [2.75, 3.05) is 17.3 Å². The molecule has 2 atom stereocenters. The van der Waals surface area contributed by atoms with Crippen LogP contribution >= 0.6 is 12.2 Å². The first-order chi connectivity index (χ1) is 7.99. The zero-order valence-electron chi connectivity index (χ0n) is 9.97. The molecule has 94 valence electrons. The molecule has 0 radical (unpaired) electrons. The van der Waals surface area contributed by atoms with Crippen LogP contribution in [0.5, 0.6) is 0 Å². The second kappa shape index (κ2) is 6.66. The normalized spacial score (nSPS) is 14.0. The highest BCUT2D eigenvalue weighted by Crippen LogP contribution is 2.09. The van der Waals surface area contributed by atoms with Crippen LogP contribution in [-0.2, 0) is 10.8 Å². The third-order valence-corrected chi connectivity index (χ3v) is 3.32. The maximum absolute atomic E-state index is 11.0. The Morgan fingerprint density at radius 2 is 2.41 bits per heavy atom. The van der Waals surface area contributed by atoms with Gasteiger partial charge in [0.25, 0.3) is 0 Å². The molecule has 0 saturated heterocycles. The van der Waals surface area contributed by atoms with Crippen molar-refractivity contribution in [3.05, 3.63) is 23.9 Å². The summed E-state index contributed by atoms with van der Waals surface area (Å²) >= 11 is 4.90. The lowest BCUT2D eigenvalue weighted by Crippen LogP contribution is -2.19. The van der Waals surface area contributed by atoms with Crippen molar-refractivity contribution in [2.24, 2.45) is 5.73 Å². The largest absolute Gasteiger partial charge is 0.389 e. The molecule has 0 aromatic carbocycles. The molecule has 0 saturated carbocycles. The van der Waals surface area contributed by atoms with Crippen molar-refractivity contribution < 1.29 is 4.21 Å². The van der Waals surface area contributed by atoms with E-state index in [1.54, 1.807) is 18.5 Å². The Bertz CT molecular complexity index is 423. The first kappa shape index (κ1) is 14.1. The van der Waals surface area contributed by atoms with Gasteiger partial charge >= 0.3 is 0 Å². The Balaban J connectivity index is 2.58. The monoisotopic (exact) mass is 271 g/mol. The quantitative estimate of drug-likeness (QED) is 0.763. The second-order valence-electron chi connectivity index (χ2n) is 3.91. The molecule has 3 N–H and O–H groups in total. The first-order valence-corrected chi connectivity index (χ1v) is 7.45. The van der Waals surface area contributed by atoms with Crippen LogP contribution in [0.4, 0.5) is 5.82 Å². The van der Waals surface area contributed by atoms with E-state index in [1.807, 2.05) is 13.0 Å². The number of pyridine rings is 1. The van der Waals surface area contributed by atoms with Crippen LogP contribution < -0.4 is 11.1 Å². The van der Waals surface area contributed by atoms with Gasteiger partial charge in [0.2, 0.25) is 0 Å². The van der Waals surface area contributed by atoms with Gasteiger partial charge in [0, 0.05) is 40.6 Å². The fraction of sp³-hybridized carbons (Fsp3) is 0.455. The number of hydrogen-bond acceptors (Lipinski definition) is 4. The number of nitrogens with one attached hydrogen (secondary N) is 1. The summed E-state index contributed by atoms with van der Waals surface area (Å²) in [5, 5.41) is 3.23. The van der Waals surface area contributed by atoms with E-state index < -0.39 is 10.8 Å². The van der Waals surface area contributed by atoms with Crippen LogP contribution in [0.15, 0.2) is 18.3 Å². The standard InChI is InChI=1S/C11H17N3OS2/c1-8(4-6-17(2)15)14-10-7-9(11(12)16)3-5-13-10/h3,5,7-8H,4,6H2,1-2H3,(H2,12,16)(H,13,14). The molecular weight excluding hydrogens is 254 g/mol. The number of rotatable bonds is 6. The number of anilines is 1. The molecular formula is C11H17N3OS2. The van der Waals surface area contributed by atoms with Crippen molar-refractivity contribution in [1.82, 2.24) is 4.98 Å². The summed E-state index contributed by atoms with van der Waals surface area (Å²) < 4.78 is 11.0. The predicted molar refractivity (Wildman–Crippen MR) is 76.8 cm³/mol.